The number of carbonyl (C=O) groups is 1. The summed E-state index contributed by atoms with van der Waals surface area (Å²) in [6.07, 6.45) is 9.75. The lowest BCUT2D eigenvalue weighted by Crippen LogP contribution is -2.69. The maximum atomic E-state index is 13.4. The lowest BCUT2D eigenvalue weighted by Gasteiger charge is -2.71. The predicted molar refractivity (Wildman–Crippen MR) is 187 cm³/mol. The second kappa shape index (κ2) is 12.1. The van der Waals surface area contributed by atoms with Gasteiger partial charge < -0.3 is 19.9 Å². The van der Waals surface area contributed by atoms with Gasteiger partial charge in [0, 0.05) is 16.4 Å². The van der Waals surface area contributed by atoms with Crippen LogP contribution in [0.15, 0.2) is 18.0 Å². The number of tetrazole rings is 1. The third kappa shape index (κ3) is 4.93. The van der Waals surface area contributed by atoms with E-state index >= 15 is 0 Å². The zero-order valence-electron chi connectivity index (χ0n) is 31.8. The maximum Gasteiger partial charge on any atom is 0.307 e. The summed E-state index contributed by atoms with van der Waals surface area (Å²) in [4.78, 5) is 15.3. The van der Waals surface area contributed by atoms with Crippen LogP contribution in [0.4, 0.5) is 0 Å². The van der Waals surface area contributed by atoms with E-state index in [0.29, 0.717) is 49.4 Å². The van der Waals surface area contributed by atoms with Gasteiger partial charge in [-0.25, -0.2) is 0 Å². The Morgan fingerprint density at radius 2 is 1.85 bits per heavy atom. The number of hydrogen-bond donors (Lipinski definition) is 2. The molecule has 9 heteroatoms. The van der Waals surface area contributed by atoms with Crippen molar-refractivity contribution in [1.29, 1.82) is 0 Å². The number of aromatic nitrogens is 4. The number of ether oxygens (including phenoxy) is 2. The Bertz CT molecular complexity index is 1380. The molecule has 6 rings (SSSR count). The average Bonchev–Trinajstić information content (AvgIpc) is 3.55. The number of hydrogen-bond acceptors (Lipinski definition) is 7. The van der Waals surface area contributed by atoms with Gasteiger partial charge in [-0.15, -0.1) is 10.2 Å². The van der Waals surface area contributed by atoms with Crippen molar-refractivity contribution in [2.24, 2.45) is 62.6 Å². The number of carboxylic acid groups (broad SMARTS) is 1. The third-order valence-corrected chi connectivity index (χ3v) is 16.2. The van der Waals surface area contributed by atoms with Gasteiger partial charge in [0.1, 0.15) is 6.04 Å². The summed E-state index contributed by atoms with van der Waals surface area (Å²) in [6.45, 7) is 28.0. The van der Waals surface area contributed by atoms with Crippen molar-refractivity contribution >= 4 is 5.97 Å². The number of fused-ring (bicyclic) bond motifs is 3. The Hall–Kier alpha value is -1.84. The molecule has 2 bridgehead atoms. The van der Waals surface area contributed by atoms with Crippen molar-refractivity contribution in [3.8, 4) is 0 Å². The van der Waals surface area contributed by atoms with Crippen molar-refractivity contribution < 1.29 is 19.4 Å². The minimum atomic E-state index is -0.614. The molecule has 0 spiro atoms. The van der Waals surface area contributed by atoms with Crippen molar-refractivity contribution in [2.75, 3.05) is 26.4 Å². The molecule has 2 heterocycles. The van der Waals surface area contributed by atoms with Crippen LogP contribution < -0.4 is 5.32 Å². The minimum Gasteiger partial charge on any atom is -0.481 e. The van der Waals surface area contributed by atoms with Gasteiger partial charge in [0.2, 0.25) is 0 Å². The molecular formula is C39H65N5O4. The molecule has 1 saturated heterocycles. The van der Waals surface area contributed by atoms with Crippen molar-refractivity contribution in [1.82, 2.24) is 25.5 Å². The molecule has 12 atom stereocenters. The number of rotatable bonds is 10. The fourth-order valence-electron chi connectivity index (χ4n) is 12.5. The van der Waals surface area contributed by atoms with Gasteiger partial charge in [0.25, 0.3) is 0 Å². The predicted octanol–water partition coefficient (Wildman–Crippen LogP) is 7.21. The first kappa shape index (κ1) is 36.0. The summed E-state index contributed by atoms with van der Waals surface area (Å²) in [6, 6.07) is -0.0789. The standard InChI is InChI=1S/C39H65N5O4/c1-12-40-38(11,25(4)5)21-48-32-29(44-42-23-41-43-44)19-39-22-47-20-35(32,8)30(39)14-13-27-28(39)15-16-37(10)31(33(45)46)34(7,26(6)24(2)3)17-18-36(27,37)9/h15,23-27,29-32,40H,12-14,16-22H2,1-11H3,(H,45,46)/t26-,27+,29-,30+,31-,32+,34-,35-,36-,37+,38-,39+/m1/s1. The van der Waals surface area contributed by atoms with E-state index in [1.54, 1.807) is 6.33 Å². The zero-order valence-corrected chi connectivity index (χ0v) is 31.8. The second-order valence-corrected chi connectivity index (χ2v) is 18.7. The highest BCUT2D eigenvalue weighted by atomic mass is 16.5. The first-order chi connectivity index (χ1) is 22.4. The third-order valence-electron chi connectivity index (χ3n) is 16.2. The summed E-state index contributed by atoms with van der Waals surface area (Å²) in [5.41, 5.74) is 0.229. The molecule has 9 nitrogen and oxygen atoms in total. The molecule has 3 saturated carbocycles. The SMILES string of the molecule is CCN[C@](C)(CO[C@H]1[C@H](n2ncnn2)C[C@@]23COC[C@]1(C)[C@@H]2CC[C@H]1C3=CC[C@@]2(C)[C@H](C(=O)O)[C@@](C)([C@H](C)C(C)C)CC[C@]12C)C(C)C. The van der Waals surface area contributed by atoms with E-state index < -0.39 is 11.9 Å². The maximum absolute atomic E-state index is 13.4. The minimum absolute atomic E-state index is 0.0789. The fraction of sp³-hybridized carbons (Fsp3) is 0.897. The quantitative estimate of drug-likeness (QED) is 0.252. The highest BCUT2D eigenvalue weighted by Gasteiger charge is 2.72. The van der Waals surface area contributed by atoms with Crippen LogP contribution in [0.2, 0.25) is 0 Å². The van der Waals surface area contributed by atoms with Crippen molar-refractivity contribution in [3.63, 3.8) is 0 Å². The highest BCUT2D eigenvalue weighted by Crippen LogP contribution is 2.75. The molecule has 1 aliphatic heterocycles. The van der Waals surface area contributed by atoms with Gasteiger partial charge in [-0.3, -0.25) is 4.79 Å². The molecule has 0 amide bonds. The van der Waals surface area contributed by atoms with E-state index in [1.807, 2.05) is 4.80 Å². The van der Waals surface area contributed by atoms with Crippen LogP contribution in [0, 0.1) is 62.6 Å². The van der Waals surface area contributed by atoms with E-state index in [-0.39, 0.29) is 44.8 Å². The zero-order chi connectivity index (χ0) is 35.1. The molecule has 4 fully saturated rings. The summed E-state index contributed by atoms with van der Waals surface area (Å²) >= 11 is 0. The summed E-state index contributed by atoms with van der Waals surface area (Å²) in [5, 5.41) is 28.1. The van der Waals surface area contributed by atoms with Gasteiger partial charge in [-0.2, -0.15) is 4.80 Å². The van der Waals surface area contributed by atoms with Gasteiger partial charge in [0.15, 0.2) is 6.33 Å². The van der Waals surface area contributed by atoms with E-state index in [1.165, 1.54) is 5.57 Å². The molecule has 1 aromatic heterocycles. The smallest absolute Gasteiger partial charge is 0.307 e. The van der Waals surface area contributed by atoms with Crippen molar-refractivity contribution in [2.45, 2.75) is 132 Å². The van der Waals surface area contributed by atoms with E-state index in [0.717, 1.165) is 45.1 Å². The average molecular weight is 668 g/mol. The summed E-state index contributed by atoms with van der Waals surface area (Å²) in [5.74, 6) is 0.853. The molecular weight excluding hydrogens is 602 g/mol. The molecule has 270 valence electrons. The Balaban J connectivity index is 1.42. The highest BCUT2D eigenvalue weighted by molar-refractivity contribution is 5.73. The normalized spacial score (nSPS) is 44.3. The fourth-order valence-corrected chi connectivity index (χ4v) is 12.5. The molecule has 1 aromatic rings. The molecule has 5 aliphatic rings. The number of allylic oxidation sites excluding steroid dienone is 1. The van der Waals surface area contributed by atoms with Crippen molar-refractivity contribution in [3.05, 3.63) is 18.0 Å². The lowest BCUT2D eigenvalue weighted by molar-refractivity contribution is -0.254. The molecule has 2 N–H and O–H groups in total. The topological polar surface area (TPSA) is 111 Å². The number of aliphatic carboxylic acids is 1. The van der Waals surface area contributed by atoms with E-state index in [4.69, 9.17) is 9.47 Å². The van der Waals surface area contributed by atoms with Crippen LogP contribution in [0.3, 0.4) is 0 Å². The van der Waals surface area contributed by atoms with Crippen LogP contribution in [0.1, 0.15) is 121 Å². The molecule has 0 aromatic carbocycles. The second-order valence-electron chi connectivity index (χ2n) is 18.7. The van der Waals surface area contributed by atoms with Crippen LogP contribution in [0.5, 0.6) is 0 Å². The first-order valence-electron chi connectivity index (χ1n) is 19.1. The van der Waals surface area contributed by atoms with Gasteiger partial charge in [-0.05, 0) is 103 Å². The Morgan fingerprint density at radius 3 is 2.46 bits per heavy atom. The van der Waals surface area contributed by atoms with E-state index in [2.05, 4.69) is 103 Å². The number of nitrogens with one attached hydrogen (secondary N) is 1. The number of carboxylic acids is 1. The Kier molecular flexibility index (Phi) is 9.10. The van der Waals surface area contributed by atoms with Gasteiger partial charge >= 0.3 is 5.97 Å². The van der Waals surface area contributed by atoms with Crippen LogP contribution in [0.25, 0.3) is 0 Å². The monoisotopic (exact) mass is 668 g/mol. The number of nitrogens with zero attached hydrogens (tertiary/aromatic N) is 4. The van der Waals surface area contributed by atoms with Crippen LogP contribution in [-0.4, -0.2) is 69.3 Å². The van der Waals surface area contributed by atoms with Gasteiger partial charge in [-0.1, -0.05) is 80.9 Å². The molecule has 0 radical (unpaired) electrons. The van der Waals surface area contributed by atoms with Crippen LogP contribution in [-0.2, 0) is 14.3 Å². The largest absolute Gasteiger partial charge is 0.481 e. The van der Waals surface area contributed by atoms with Gasteiger partial charge in [0.05, 0.1) is 31.8 Å². The molecule has 4 aliphatic carbocycles. The molecule has 0 unspecified atom stereocenters. The van der Waals surface area contributed by atoms with E-state index in [9.17, 15) is 9.90 Å². The summed E-state index contributed by atoms with van der Waals surface area (Å²) in [7, 11) is 0. The Morgan fingerprint density at radius 1 is 1.12 bits per heavy atom. The van der Waals surface area contributed by atoms with Crippen LogP contribution >= 0.6 is 0 Å². The number of likely N-dealkylation sites (N-methyl/N-ethyl adjacent to an activating group) is 1. The first-order valence-corrected chi connectivity index (χ1v) is 19.1. The Labute approximate surface area is 289 Å². The molecule has 48 heavy (non-hydrogen) atoms. The lowest BCUT2D eigenvalue weighted by atomic mass is 9.34. The summed E-state index contributed by atoms with van der Waals surface area (Å²) < 4.78 is 13.9.